The Balaban J connectivity index is 1.65. The number of anilines is 2. The lowest BCUT2D eigenvalue weighted by molar-refractivity contribution is 0.262. The van der Waals surface area contributed by atoms with Crippen molar-refractivity contribution < 1.29 is 9.53 Å². The largest absolute Gasteiger partial charge is 0.494 e. The van der Waals surface area contributed by atoms with E-state index in [0.29, 0.717) is 11.7 Å². The molecular formula is C20H22N4O2S. The lowest BCUT2D eigenvalue weighted by atomic mass is 10.1. The van der Waals surface area contributed by atoms with Gasteiger partial charge in [0.15, 0.2) is 0 Å². The maximum atomic E-state index is 12.2. The fraction of sp³-hybridized carbons (Fsp3) is 0.250. The van der Waals surface area contributed by atoms with Gasteiger partial charge in [-0.1, -0.05) is 36.5 Å². The molecule has 1 heterocycles. The SMILES string of the molecule is CCCOc1cccc(-c2nnc(NC(=O)Nc3ccc(C)c(C)c3)s2)c1. The molecule has 0 aliphatic heterocycles. The minimum atomic E-state index is -0.346. The summed E-state index contributed by atoms with van der Waals surface area (Å²) in [4.78, 5) is 12.2. The van der Waals surface area contributed by atoms with E-state index in [-0.39, 0.29) is 6.03 Å². The quantitative estimate of drug-likeness (QED) is 0.610. The Labute approximate surface area is 162 Å². The van der Waals surface area contributed by atoms with E-state index in [1.54, 1.807) is 0 Å². The summed E-state index contributed by atoms with van der Waals surface area (Å²) >= 11 is 1.31. The fourth-order valence-corrected chi connectivity index (χ4v) is 3.14. The number of nitrogens with one attached hydrogen (secondary N) is 2. The number of aromatic nitrogens is 2. The van der Waals surface area contributed by atoms with E-state index in [9.17, 15) is 4.79 Å². The van der Waals surface area contributed by atoms with Gasteiger partial charge in [0.25, 0.3) is 0 Å². The smallest absolute Gasteiger partial charge is 0.325 e. The number of ether oxygens (including phenoxy) is 1. The van der Waals surface area contributed by atoms with Crippen molar-refractivity contribution in [2.24, 2.45) is 0 Å². The molecule has 27 heavy (non-hydrogen) atoms. The Morgan fingerprint density at radius 2 is 1.93 bits per heavy atom. The van der Waals surface area contributed by atoms with Crippen molar-refractivity contribution in [3.05, 3.63) is 53.6 Å². The highest BCUT2D eigenvalue weighted by molar-refractivity contribution is 7.18. The van der Waals surface area contributed by atoms with Gasteiger partial charge in [-0.2, -0.15) is 0 Å². The van der Waals surface area contributed by atoms with Gasteiger partial charge in [-0.25, -0.2) is 4.79 Å². The molecule has 2 amide bonds. The second-order valence-corrected chi connectivity index (χ2v) is 7.14. The number of hydrogen-bond acceptors (Lipinski definition) is 5. The summed E-state index contributed by atoms with van der Waals surface area (Å²) in [5, 5.41) is 14.9. The third kappa shape index (κ3) is 5.04. The second kappa shape index (κ2) is 8.64. The van der Waals surface area contributed by atoms with Gasteiger partial charge in [-0.15, -0.1) is 10.2 Å². The molecule has 0 spiro atoms. The van der Waals surface area contributed by atoms with Gasteiger partial charge in [-0.3, -0.25) is 5.32 Å². The Bertz CT molecular complexity index is 939. The Morgan fingerprint density at radius 1 is 1.07 bits per heavy atom. The highest BCUT2D eigenvalue weighted by Gasteiger charge is 2.11. The number of urea groups is 1. The normalized spacial score (nSPS) is 10.5. The molecule has 0 aliphatic carbocycles. The number of rotatable bonds is 6. The van der Waals surface area contributed by atoms with E-state index < -0.39 is 0 Å². The van der Waals surface area contributed by atoms with Crippen LogP contribution in [0.3, 0.4) is 0 Å². The number of hydrogen-bond donors (Lipinski definition) is 2. The summed E-state index contributed by atoms with van der Waals surface area (Å²) in [6.07, 6.45) is 0.951. The number of aryl methyl sites for hydroxylation is 2. The molecule has 0 fully saturated rings. The van der Waals surface area contributed by atoms with Gasteiger partial charge in [-0.05, 0) is 55.7 Å². The van der Waals surface area contributed by atoms with Crippen LogP contribution in [0.5, 0.6) is 5.75 Å². The lowest BCUT2D eigenvalue weighted by Crippen LogP contribution is -2.19. The van der Waals surface area contributed by atoms with Crippen LogP contribution in [-0.4, -0.2) is 22.8 Å². The summed E-state index contributed by atoms with van der Waals surface area (Å²) < 4.78 is 5.65. The first-order chi connectivity index (χ1) is 13.0. The maximum Gasteiger partial charge on any atom is 0.325 e. The molecule has 0 saturated heterocycles. The molecule has 1 aromatic heterocycles. The number of nitrogens with zero attached hydrogens (tertiary/aromatic N) is 2. The molecule has 0 saturated carbocycles. The van der Waals surface area contributed by atoms with Gasteiger partial charge in [0.05, 0.1) is 6.61 Å². The van der Waals surface area contributed by atoms with E-state index >= 15 is 0 Å². The Hall–Kier alpha value is -2.93. The predicted molar refractivity (Wildman–Crippen MR) is 110 cm³/mol. The van der Waals surface area contributed by atoms with Crippen molar-refractivity contribution in [2.45, 2.75) is 27.2 Å². The Kier molecular flexibility index (Phi) is 6.03. The molecule has 0 aliphatic rings. The standard InChI is InChI=1S/C20H22N4O2S/c1-4-10-26-17-7-5-6-15(12-17)18-23-24-20(27-18)22-19(25)21-16-9-8-13(2)14(3)11-16/h5-9,11-12H,4,10H2,1-3H3,(H2,21,22,24,25). The zero-order chi connectivity index (χ0) is 19.2. The van der Waals surface area contributed by atoms with Crippen molar-refractivity contribution in [3.63, 3.8) is 0 Å². The average Bonchev–Trinajstić information content (AvgIpc) is 3.11. The third-order valence-electron chi connectivity index (χ3n) is 3.96. The van der Waals surface area contributed by atoms with Gasteiger partial charge in [0, 0.05) is 11.3 Å². The van der Waals surface area contributed by atoms with Crippen LogP contribution in [-0.2, 0) is 0 Å². The zero-order valence-electron chi connectivity index (χ0n) is 15.6. The van der Waals surface area contributed by atoms with Gasteiger partial charge < -0.3 is 10.1 Å². The summed E-state index contributed by atoms with van der Waals surface area (Å²) in [6.45, 7) is 6.78. The first-order valence-electron chi connectivity index (χ1n) is 8.77. The van der Waals surface area contributed by atoms with Crippen molar-refractivity contribution in [1.82, 2.24) is 10.2 Å². The molecule has 0 bridgehead atoms. The van der Waals surface area contributed by atoms with Crippen molar-refractivity contribution in [3.8, 4) is 16.3 Å². The van der Waals surface area contributed by atoms with Crippen molar-refractivity contribution in [1.29, 1.82) is 0 Å². The third-order valence-corrected chi connectivity index (χ3v) is 4.85. The van der Waals surface area contributed by atoms with Crippen molar-refractivity contribution >= 4 is 28.2 Å². The van der Waals surface area contributed by atoms with Crippen molar-refractivity contribution in [2.75, 3.05) is 17.2 Å². The van der Waals surface area contributed by atoms with Crippen LogP contribution < -0.4 is 15.4 Å². The minimum absolute atomic E-state index is 0.346. The number of carbonyl (C=O) groups excluding carboxylic acids is 1. The Morgan fingerprint density at radius 3 is 2.70 bits per heavy atom. The van der Waals surface area contributed by atoms with Crippen LogP contribution in [0.25, 0.3) is 10.6 Å². The van der Waals surface area contributed by atoms with Crippen LogP contribution in [0, 0.1) is 13.8 Å². The molecule has 2 aromatic carbocycles. The second-order valence-electron chi connectivity index (χ2n) is 6.17. The first-order valence-corrected chi connectivity index (χ1v) is 9.59. The minimum Gasteiger partial charge on any atom is -0.494 e. The maximum absolute atomic E-state index is 12.2. The van der Waals surface area contributed by atoms with Crippen LogP contribution in [0.2, 0.25) is 0 Å². The number of carbonyl (C=O) groups is 1. The highest BCUT2D eigenvalue weighted by Crippen LogP contribution is 2.29. The van der Waals surface area contributed by atoms with Crippen LogP contribution >= 0.6 is 11.3 Å². The number of benzene rings is 2. The predicted octanol–water partition coefficient (Wildman–Crippen LogP) is 5.25. The monoisotopic (exact) mass is 382 g/mol. The summed E-state index contributed by atoms with van der Waals surface area (Å²) in [5.74, 6) is 0.798. The molecule has 7 heteroatoms. The van der Waals surface area contributed by atoms with Crippen LogP contribution in [0.4, 0.5) is 15.6 Å². The van der Waals surface area contributed by atoms with E-state index in [2.05, 4.69) is 27.8 Å². The summed E-state index contributed by atoms with van der Waals surface area (Å²) in [5.41, 5.74) is 3.95. The zero-order valence-corrected chi connectivity index (χ0v) is 16.4. The average molecular weight is 382 g/mol. The highest BCUT2D eigenvalue weighted by atomic mass is 32.1. The molecular weight excluding hydrogens is 360 g/mol. The van der Waals surface area contributed by atoms with E-state index in [1.807, 2.05) is 56.3 Å². The molecule has 0 radical (unpaired) electrons. The summed E-state index contributed by atoms with van der Waals surface area (Å²) in [6, 6.07) is 13.1. The first kappa shape index (κ1) is 18.8. The summed E-state index contributed by atoms with van der Waals surface area (Å²) in [7, 11) is 0. The van der Waals surface area contributed by atoms with E-state index in [0.717, 1.165) is 34.0 Å². The fourth-order valence-electron chi connectivity index (χ4n) is 2.41. The molecule has 3 aromatic rings. The van der Waals surface area contributed by atoms with Gasteiger partial charge in [0.1, 0.15) is 10.8 Å². The van der Waals surface area contributed by atoms with Crippen LogP contribution in [0.1, 0.15) is 24.5 Å². The molecule has 2 N–H and O–H groups in total. The van der Waals surface area contributed by atoms with Gasteiger partial charge in [0.2, 0.25) is 5.13 Å². The molecule has 140 valence electrons. The van der Waals surface area contributed by atoms with E-state index in [1.165, 1.54) is 16.9 Å². The molecule has 0 unspecified atom stereocenters. The lowest BCUT2D eigenvalue weighted by Gasteiger charge is -2.07. The van der Waals surface area contributed by atoms with E-state index in [4.69, 9.17) is 4.74 Å². The molecule has 0 atom stereocenters. The topological polar surface area (TPSA) is 76.1 Å². The number of amides is 2. The molecule has 3 rings (SSSR count). The van der Waals surface area contributed by atoms with Crippen LogP contribution in [0.15, 0.2) is 42.5 Å². The van der Waals surface area contributed by atoms with Gasteiger partial charge >= 0.3 is 6.03 Å². The molecule has 6 nitrogen and oxygen atoms in total.